The molecule has 6 heteroatoms. The molecule has 26 heavy (non-hydrogen) atoms. The number of aromatic nitrogens is 1. The Morgan fingerprint density at radius 3 is 2.58 bits per heavy atom. The van der Waals surface area contributed by atoms with Crippen molar-refractivity contribution in [3.63, 3.8) is 0 Å². The number of benzene rings is 1. The van der Waals surface area contributed by atoms with Crippen LogP contribution in [0.5, 0.6) is 0 Å². The van der Waals surface area contributed by atoms with Crippen LogP contribution in [-0.4, -0.2) is 48.2 Å². The third kappa shape index (κ3) is 5.13. The van der Waals surface area contributed by atoms with Crippen molar-refractivity contribution in [1.29, 1.82) is 0 Å². The largest absolute Gasteiger partial charge is 0.399 e. The van der Waals surface area contributed by atoms with E-state index in [1.807, 2.05) is 36.7 Å². The highest BCUT2D eigenvalue weighted by atomic mass is 16.6. The second-order valence-electron chi connectivity index (χ2n) is 6.42. The lowest BCUT2D eigenvalue weighted by atomic mass is 10.0. The summed E-state index contributed by atoms with van der Waals surface area (Å²) in [6.45, 7) is 2.91. The highest BCUT2D eigenvalue weighted by molar-refractivity contribution is 5.95. The van der Waals surface area contributed by atoms with Gasteiger partial charge in [-0.05, 0) is 48.2 Å². The molecule has 2 heterocycles. The van der Waals surface area contributed by atoms with E-state index in [0.29, 0.717) is 5.56 Å². The SMILES string of the molecule is CON=Cc1ccc(C(=O)NC2CCN(Cc3ccncc3)CC2)cc1. The topological polar surface area (TPSA) is 66.8 Å². The lowest BCUT2D eigenvalue weighted by Crippen LogP contribution is -2.44. The normalized spacial score (nSPS) is 15.9. The van der Waals surface area contributed by atoms with Gasteiger partial charge in [0.2, 0.25) is 0 Å². The molecule has 1 amide bonds. The van der Waals surface area contributed by atoms with E-state index in [4.69, 9.17) is 0 Å². The zero-order valence-corrected chi connectivity index (χ0v) is 15.0. The van der Waals surface area contributed by atoms with Crippen LogP contribution < -0.4 is 5.32 Å². The van der Waals surface area contributed by atoms with Crippen LogP contribution in [0.1, 0.15) is 34.3 Å². The first-order valence-corrected chi connectivity index (χ1v) is 8.83. The summed E-state index contributed by atoms with van der Waals surface area (Å²) in [7, 11) is 1.50. The van der Waals surface area contributed by atoms with Gasteiger partial charge in [-0.1, -0.05) is 17.3 Å². The summed E-state index contributed by atoms with van der Waals surface area (Å²) in [5.74, 6) is -0.0205. The van der Waals surface area contributed by atoms with E-state index in [2.05, 4.69) is 37.3 Å². The molecule has 0 bridgehead atoms. The number of nitrogens with one attached hydrogen (secondary N) is 1. The van der Waals surface area contributed by atoms with Crippen molar-refractivity contribution in [3.05, 3.63) is 65.5 Å². The summed E-state index contributed by atoms with van der Waals surface area (Å²) < 4.78 is 0. The molecule has 1 saturated heterocycles. The Kier molecular flexibility index (Phi) is 6.33. The first-order chi connectivity index (χ1) is 12.7. The predicted molar refractivity (Wildman–Crippen MR) is 101 cm³/mol. The van der Waals surface area contributed by atoms with Crippen LogP contribution in [0.3, 0.4) is 0 Å². The van der Waals surface area contributed by atoms with E-state index in [-0.39, 0.29) is 11.9 Å². The van der Waals surface area contributed by atoms with E-state index < -0.39 is 0 Å². The second-order valence-corrected chi connectivity index (χ2v) is 6.42. The summed E-state index contributed by atoms with van der Waals surface area (Å²) in [4.78, 5) is 23.5. The van der Waals surface area contributed by atoms with Crippen molar-refractivity contribution in [1.82, 2.24) is 15.2 Å². The molecule has 0 atom stereocenters. The molecule has 0 aliphatic carbocycles. The summed E-state index contributed by atoms with van der Waals surface area (Å²) in [6.07, 6.45) is 7.20. The summed E-state index contributed by atoms with van der Waals surface area (Å²) in [6, 6.07) is 11.7. The van der Waals surface area contributed by atoms with Gasteiger partial charge in [0.1, 0.15) is 7.11 Å². The number of piperidine rings is 1. The first kappa shape index (κ1) is 18.1. The number of rotatable bonds is 6. The Bertz CT molecular complexity index is 723. The molecular weight excluding hydrogens is 328 g/mol. The Morgan fingerprint density at radius 1 is 1.23 bits per heavy atom. The Balaban J connectivity index is 1.46. The number of carbonyl (C=O) groups excluding carboxylic acids is 1. The van der Waals surface area contributed by atoms with E-state index in [9.17, 15) is 4.79 Å². The molecule has 6 nitrogen and oxygen atoms in total. The predicted octanol–water partition coefficient (Wildman–Crippen LogP) is 2.46. The smallest absolute Gasteiger partial charge is 0.251 e. The highest BCUT2D eigenvalue weighted by Crippen LogP contribution is 2.14. The van der Waals surface area contributed by atoms with Crippen LogP contribution in [0.25, 0.3) is 0 Å². The minimum absolute atomic E-state index is 0.0205. The number of oxime groups is 1. The summed E-state index contributed by atoms with van der Waals surface area (Å²) >= 11 is 0. The standard InChI is InChI=1S/C20H24N4O2/c1-26-22-14-16-2-4-18(5-3-16)20(25)23-19-8-12-24(13-9-19)15-17-6-10-21-11-7-17/h2-7,10-11,14,19H,8-9,12-13,15H2,1H3,(H,23,25). The fourth-order valence-electron chi connectivity index (χ4n) is 3.08. The number of pyridine rings is 1. The number of hydrogen-bond donors (Lipinski definition) is 1. The molecule has 136 valence electrons. The van der Waals surface area contributed by atoms with E-state index in [0.717, 1.165) is 38.0 Å². The molecule has 0 unspecified atom stereocenters. The van der Waals surface area contributed by atoms with Gasteiger partial charge in [0.25, 0.3) is 5.91 Å². The molecule has 1 N–H and O–H groups in total. The lowest BCUT2D eigenvalue weighted by molar-refractivity contribution is 0.0909. The molecule has 0 radical (unpaired) electrons. The highest BCUT2D eigenvalue weighted by Gasteiger charge is 2.21. The average molecular weight is 352 g/mol. The molecular formula is C20H24N4O2. The van der Waals surface area contributed by atoms with Crippen LogP contribution in [0.2, 0.25) is 0 Å². The minimum Gasteiger partial charge on any atom is -0.399 e. The van der Waals surface area contributed by atoms with Gasteiger partial charge in [0.05, 0.1) is 6.21 Å². The Hall–Kier alpha value is -2.73. The van der Waals surface area contributed by atoms with Crippen molar-refractivity contribution in [2.75, 3.05) is 20.2 Å². The summed E-state index contributed by atoms with van der Waals surface area (Å²) in [5.41, 5.74) is 2.84. The average Bonchev–Trinajstić information content (AvgIpc) is 2.69. The van der Waals surface area contributed by atoms with Gasteiger partial charge in [-0.25, -0.2) is 0 Å². The van der Waals surface area contributed by atoms with Crippen molar-refractivity contribution >= 4 is 12.1 Å². The van der Waals surface area contributed by atoms with Crippen LogP contribution in [0.15, 0.2) is 53.9 Å². The summed E-state index contributed by atoms with van der Waals surface area (Å²) in [5, 5.41) is 6.86. The quantitative estimate of drug-likeness (QED) is 0.641. The van der Waals surface area contributed by atoms with E-state index >= 15 is 0 Å². The van der Waals surface area contributed by atoms with Crippen LogP contribution in [0, 0.1) is 0 Å². The van der Waals surface area contributed by atoms with Crippen molar-refractivity contribution in [2.45, 2.75) is 25.4 Å². The van der Waals surface area contributed by atoms with Gasteiger partial charge < -0.3 is 10.2 Å². The molecule has 0 saturated carbocycles. The number of nitrogens with zero attached hydrogens (tertiary/aromatic N) is 3. The maximum Gasteiger partial charge on any atom is 0.251 e. The minimum atomic E-state index is -0.0205. The monoisotopic (exact) mass is 352 g/mol. The molecule has 1 aliphatic heterocycles. The van der Waals surface area contributed by atoms with Gasteiger partial charge in [-0.2, -0.15) is 0 Å². The third-order valence-corrected chi connectivity index (χ3v) is 4.56. The van der Waals surface area contributed by atoms with E-state index in [1.165, 1.54) is 12.7 Å². The molecule has 1 fully saturated rings. The molecule has 3 rings (SSSR count). The molecule has 1 aromatic carbocycles. The zero-order chi connectivity index (χ0) is 18.2. The first-order valence-electron chi connectivity index (χ1n) is 8.83. The van der Waals surface area contributed by atoms with Gasteiger partial charge in [0, 0.05) is 43.6 Å². The maximum atomic E-state index is 12.4. The van der Waals surface area contributed by atoms with E-state index in [1.54, 1.807) is 6.21 Å². The van der Waals surface area contributed by atoms with Gasteiger partial charge >= 0.3 is 0 Å². The molecule has 2 aromatic rings. The van der Waals surface area contributed by atoms with Gasteiger partial charge in [-0.3, -0.25) is 14.7 Å². The number of likely N-dealkylation sites (tertiary alicyclic amines) is 1. The number of hydrogen-bond acceptors (Lipinski definition) is 5. The molecule has 1 aromatic heterocycles. The second kappa shape index (κ2) is 9.10. The van der Waals surface area contributed by atoms with Crippen LogP contribution in [-0.2, 0) is 11.4 Å². The Morgan fingerprint density at radius 2 is 1.92 bits per heavy atom. The van der Waals surface area contributed by atoms with Crippen molar-refractivity contribution < 1.29 is 9.63 Å². The zero-order valence-electron chi connectivity index (χ0n) is 15.0. The number of carbonyl (C=O) groups is 1. The molecule has 1 aliphatic rings. The van der Waals surface area contributed by atoms with Crippen molar-refractivity contribution in [3.8, 4) is 0 Å². The lowest BCUT2D eigenvalue weighted by Gasteiger charge is -2.32. The number of amides is 1. The van der Waals surface area contributed by atoms with Crippen molar-refractivity contribution in [2.24, 2.45) is 5.16 Å². The Labute approximate surface area is 153 Å². The van der Waals surface area contributed by atoms with Gasteiger partial charge in [0.15, 0.2) is 0 Å². The molecule has 0 spiro atoms. The maximum absolute atomic E-state index is 12.4. The van der Waals surface area contributed by atoms with Gasteiger partial charge in [-0.15, -0.1) is 0 Å². The van der Waals surface area contributed by atoms with Crippen LogP contribution >= 0.6 is 0 Å². The van der Waals surface area contributed by atoms with Crippen LogP contribution in [0.4, 0.5) is 0 Å². The third-order valence-electron chi connectivity index (χ3n) is 4.56. The fourth-order valence-corrected chi connectivity index (χ4v) is 3.08. The fraction of sp³-hybridized carbons (Fsp3) is 0.350.